The molecule has 2 fully saturated rings. The summed E-state index contributed by atoms with van der Waals surface area (Å²) in [6.45, 7) is 8.47. The van der Waals surface area contributed by atoms with Crippen LogP contribution in [0.3, 0.4) is 0 Å². The van der Waals surface area contributed by atoms with E-state index in [1.807, 2.05) is 16.7 Å². The second-order valence-electron chi connectivity index (χ2n) is 15.6. The Kier molecular flexibility index (Phi) is 10.1. The van der Waals surface area contributed by atoms with Crippen molar-refractivity contribution in [2.24, 2.45) is 0 Å². The summed E-state index contributed by atoms with van der Waals surface area (Å²) < 4.78 is 76.3. The fourth-order valence-corrected chi connectivity index (χ4v) is 8.00. The Morgan fingerprint density at radius 2 is 1.97 bits per heavy atom. The van der Waals surface area contributed by atoms with Crippen molar-refractivity contribution in [2.45, 2.75) is 63.9 Å². The molecule has 0 radical (unpaired) electrons. The molecule has 0 unspecified atom stereocenters. The number of fused-ring (bicyclic) bond motifs is 2. The molecule has 0 saturated carbocycles. The predicted molar refractivity (Wildman–Crippen MR) is 210 cm³/mol. The Morgan fingerprint density at radius 3 is 2.69 bits per heavy atom. The van der Waals surface area contributed by atoms with E-state index < -0.39 is 41.1 Å². The number of hydrogen-bond donors (Lipinski definition) is 1. The van der Waals surface area contributed by atoms with Gasteiger partial charge in [0.25, 0.3) is 0 Å². The molecule has 0 aliphatic carbocycles. The van der Waals surface area contributed by atoms with E-state index in [9.17, 15) is 9.18 Å². The summed E-state index contributed by atoms with van der Waals surface area (Å²) >= 11 is 0. The maximum absolute atomic E-state index is 17.5. The lowest BCUT2D eigenvalue weighted by Crippen LogP contribution is -2.59. The zero-order chi connectivity index (χ0) is 40.9. The molecule has 3 atom stereocenters. The van der Waals surface area contributed by atoms with Gasteiger partial charge in [-0.3, -0.25) is 10.2 Å². The van der Waals surface area contributed by atoms with Crippen LogP contribution in [0, 0.1) is 24.0 Å². The SMILES string of the molecule is C#Cc1c(F)ccc2cc(OCOC)cc(-c3nc4c5c(nc(OC[C@@]67CCN6C[C@H](F)C7)nc5c3F)N([C@H](C)c3cccnc3NC(=O)OC(C)(C)C)CCO4)c12. The number of rotatable bonds is 10. The molecule has 6 heterocycles. The number of carbonyl (C=O) groups is 1. The van der Waals surface area contributed by atoms with Gasteiger partial charge in [-0.1, -0.05) is 18.1 Å². The highest BCUT2D eigenvalue weighted by atomic mass is 19.1. The highest BCUT2D eigenvalue weighted by molar-refractivity contribution is 6.04. The smallest absolute Gasteiger partial charge is 0.413 e. The van der Waals surface area contributed by atoms with Crippen LogP contribution in [0.25, 0.3) is 32.9 Å². The topological polar surface area (TPSA) is 133 Å². The van der Waals surface area contributed by atoms with Crippen molar-refractivity contribution in [3.8, 4) is 41.2 Å². The van der Waals surface area contributed by atoms with Gasteiger partial charge in [0.2, 0.25) is 5.88 Å². The Bertz CT molecular complexity index is 2480. The minimum absolute atomic E-state index is 0.00999. The Labute approximate surface area is 332 Å². The normalized spacial score (nSPS) is 19.4. The number of methoxy groups -OCH3 is 1. The van der Waals surface area contributed by atoms with Gasteiger partial charge in [0, 0.05) is 49.3 Å². The third-order valence-corrected chi connectivity index (χ3v) is 10.7. The largest absolute Gasteiger partial charge is 0.475 e. The summed E-state index contributed by atoms with van der Waals surface area (Å²) in [6.07, 6.45) is 6.72. The number of benzene rings is 2. The molecule has 5 aromatic rings. The minimum Gasteiger partial charge on any atom is -0.475 e. The van der Waals surface area contributed by atoms with Gasteiger partial charge in [-0.25, -0.2) is 27.9 Å². The van der Waals surface area contributed by atoms with Crippen LogP contribution < -0.4 is 24.4 Å². The lowest BCUT2D eigenvalue weighted by atomic mass is 9.86. The van der Waals surface area contributed by atoms with Crippen molar-refractivity contribution in [2.75, 3.05) is 57.0 Å². The monoisotopic (exact) mass is 797 g/mol. The maximum Gasteiger partial charge on any atom is 0.413 e. The number of carbonyl (C=O) groups excluding carboxylic acids is 1. The first kappa shape index (κ1) is 38.9. The van der Waals surface area contributed by atoms with Crippen LogP contribution in [0.2, 0.25) is 0 Å². The number of alkyl halides is 1. The second-order valence-corrected chi connectivity index (χ2v) is 15.6. The van der Waals surface area contributed by atoms with Gasteiger partial charge in [0.05, 0.1) is 23.7 Å². The van der Waals surface area contributed by atoms with Crippen LogP contribution >= 0.6 is 0 Å². The molecule has 302 valence electrons. The van der Waals surface area contributed by atoms with Crippen LogP contribution in [-0.2, 0) is 9.47 Å². The van der Waals surface area contributed by atoms with Gasteiger partial charge >= 0.3 is 12.1 Å². The molecule has 0 spiro atoms. The van der Waals surface area contributed by atoms with E-state index in [2.05, 4.69) is 21.2 Å². The molecule has 3 aliphatic heterocycles. The van der Waals surface area contributed by atoms with E-state index in [1.54, 1.807) is 45.2 Å². The Balaban J connectivity index is 1.30. The van der Waals surface area contributed by atoms with E-state index in [0.29, 0.717) is 29.7 Å². The molecule has 0 bridgehead atoms. The number of amides is 1. The molecule has 1 N–H and O–H groups in total. The Hall–Kier alpha value is -5.92. The summed E-state index contributed by atoms with van der Waals surface area (Å²) in [5.41, 5.74) is -1.06. The highest BCUT2D eigenvalue weighted by Crippen LogP contribution is 2.46. The van der Waals surface area contributed by atoms with Gasteiger partial charge in [-0.05, 0) is 63.8 Å². The number of halogens is 3. The quantitative estimate of drug-likeness (QED) is 0.112. The number of nitrogens with zero attached hydrogens (tertiary/aromatic N) is 6. The van der Waals surface area contributed by atoms with Crippen molar-refractivity contribution < 1.29 is 41.7 Å². The van der Waals surface area contributed by atoms with E-state index in [0.717, 1.165) is 13.0 Å². The average Bonchev–Trinajstić information content (AvgIpc) is 3.28. The lowest BCUT2D eigenvalue weighted by molar-refractivity contribution is -0.0132. The van der Waals surface area contributed by atoms with E-state index in [-0.39, 0.29) is 83.2 Å². The fraction of sp³-hybridized carbons (Fsp3) is 0.405. The van der Waals surface area contributed by atoms with Crippen LogP contribution in [0.15, 0.2) is 42.6 Å². The third-order valence-electron chi connectivity index (χ3n) is 10.7. The molecule has 58 heavy (non-hydrogen) atoms. The maximum atomic E-state index is 17.5. The molecule has 1 amide bonds. The second kappa shape index (κ2) is 15.1. The first-order valence-electron chi connectivity index (χ1n) is 18.9. The average molecular weight is 798 g/mol. The van der Waals surface area contributed by atoms with Crippen molar-refractivity contribution in [3.63, 3.8) is 0 Å². The van der Waals surface area contributed by atoms with Crippen LogP contribution in [0.5, 0.6) is 17.6 Å². The number of ether oxygens (including phenoxy) is 5. The van der Waals surface area contributed by atoms with Crippen molar-refractivity contribution in [1.29, 1.82) is 0 Å². The van der Waals surface area contributed by atoms with Gasteiger partial charge in [-0.2, -0.15) is 9.97 Å². The summed E-state index contributed by atoms with van der Waals surface area (Å²) in [4.78, 5) is 35.4. The van der Waals surface area contributed by atoms with Crippen LogP contribution in [0.4, 0.5) is 29.6 Å². The van der Waals surface area contributed by atoms with Gasteiger partial charge < -0.3 is 28.6 Å². The summed E-state index contributed by atoms with van der Waals surface area (Å²) in [7, 11) is 1.46. The van der Waals surface area contributed by atoms with E-state index in [1.165, 1.54) is 25.3 Å². The third kappa shape index (κ3) is 7.13. The predicted octanol–water partition coefficient (Wildman–Crippen LogP) is 7.35. The Morgan fingerprint density at radius 1 is 1.14 bits per heavy atom. The molecule has 16 heteroatoms. The van der Waals surface area contributed by atoms with Crippen molar-refractivity contribution in [1.82, 2.24) is 24.8 Å². The van der Waals surface area contributed by atoms with Crippen molar-refractivity contribution >= 4 is 39.4 Å². The minimum atomic E-state index is -0.991. The molecule has 13 nitrogen and oxygen atoms in total. The standard InChI is InChI=1S/C42H42F3N7O6/c1-7-27-30(44)11-10-24-17-26(57-22-54-6)18-29(31(24)27)34-33(45)35-32-37(50-39(48-35)56-21-42-12-14-51(42)20-25(43)19-42)52(15-16-55-38(32)47-34)23(2)28-9-8-13-46-36(28)49-40(53)58-41(3,4)5/h1,8-11,13,17-18,23,25H,12,14-16,19-22H2,2-6H3,(H,46,49,53)/t23-,25-,42+/m1/s1. The number of terminal acetylenes is 1. The summed E-state index contributed by atoms with van der Waals surface area (Å²) in [5.74, 6) is 1.64. The fourth-order valence-electron chi connectivity index (χ4n) is 8.00. The highest BCUT2D eigenvalue weighted by Gasteiger charge is 2.53. The van der Waals surface area contributed by atoms with E-state index in [4.69, 9.17) is 40.1 Å². The number of pyridine rings is 2. The number of aromatic nitrogens is 4. The first-order valence-corrected chi connectivity index (χ1v) is 18.9. The van der Waals surface area contributed by atoms with Gasteiger partial charge in [-0.15, -0.1) is 6.42 Å². The van der Waals surface area contributed by atoms with E-state index >= 15 is 8.78 Å². The van der Waals surface area contributed by atoms with Gasteiger partial charge in [0.1, 0.15) is 64.8 Å². The van der Waals surface area contributed by atoms with Gasteiger partial charge in [0.15, 0.2) is 12.6 Å². The lowest BCUT2D eigenvalue weighted by Gasteiger charge is -2.47. The van der Waals surface area contributed by atoms with Crippen molar-refractivity contribution in [3.05, 3.63) is 65.4 Å². The van der Waals surface area contributed by atoms with Crippen LogP contribution in [0.1, 0.15) is 57.7 Å². The number of anilines is 2. The number of nitrogens with one attached hydrogen (secondary N) is 1. The summed E-state index contributed by atoms with van der Waals surface area (Å²) in [5, 5.41) is 3.60. The molecule has 3 aliphatic rings. The molecular formula is C42H42F3N7O6. The van der Waals surface area contributed by atoms with Crippen LogP contribution in [-0.4, -0.2) is 95.0 Å². The molecule has 2 aromatic carbocycles. The molecule has 8 rings (SSSR count). The number of hydrogen-bond acceptors (Lipinski definition) is 12. The molecule has 2 saturated heterocycles. The zero-order valence-electron chi connectivity index (χ0n) is 32.7. The zero-order valence-corrected chi connectivity index (χ0v) is 32.7. The summed E-state index contributed by atoms with van der Waals surface area (Å²) in [6, 6.07) is 8.74. The first-order chi connectivity index (χ1) is 27.8. The molecular weight excluding hydrogens is 755 g/mol. The molecule has 3 aromatic heterocycles.